The average molecular weight is 369 g/mol. The highest BCUT2D eigenvalue weighted by Gasteiger charge is 2.25. The fourth-order valence-electron chi connectivity index (χ4n) is 3.17. The second-order valence-corrected chi connectivity index (χ2v) is 8.79. The first kappa shape index (κ1) is 21.7. The standard InChI is InChI=1S/C25H36O2/c1-8-20-9-11-21(12-10-20)24(4,5)22-13-15-23(16-14-22)25(6,7)27-18-26-17-19(2)3/h9-16,19H,8,17-18H2,1-7H3. The summed E-state index contributed by atoms with van der Waals surface area (Å²) in [6.45, 7) is 16.3. The molecule has 0 saturated carbocycles. The molecule has 0 saturated heterocycles. The molecule has 27 heavy (non-hydrogen) atoms. The van der Waals surface area contributed by atoms with Crippen molar-refractivity contribution in [3.63, 3.8) is 0 Å². The van der Waals surface area contributed by atoms with E-state index in [1.54, 1.807) is 0 Å². The number of aryl methyl sites for hydroxylation is 1. The summed E-state index contributed by atoms with van der Waals surface area (Å²) in [7, 11) is 0. The Morgan fingerprint density at radius 2 is 1.26 bits per heavy atom. The van der Waals surface area contributed by atoms with Gasteiger partial charge < -0.3 is 9.47 Å². The van der Waals surface area contributed by atoms with Crippen LogP contribution in [0.25, 0.3) is 0 Å². The molecular formula is C25H36O2. The molecule has 2 aromatic rings. The number of benzene rings is 2. The van der Waals surface area contributed by atoms with Crippen molar-refractivity contribution in [1.82, 2.24) is 0 Å². The lowest BCUT2D eigenvalue weighted by molar-refractivity contribution is -0.135. The van der Waals surface area contributed by atoms with Crippen LogP contribution in [0.3, 0.4) is 0 Å². The summed E-state index contributed by atoms with van der Waals surface area (Å²) in [4.78, 5) is 0. The van der Waals surface area contributed by atoms with Crippen LogP contribution in [0.5, 0.6) is 0 Å². The second kappa shape index (κ2) is 9.03. The molecule has 0 aliphatic heterocycles. The van der Waals surface area contributed by atoms with Crippen molar-refractivity contribution in [2.75, 3.05) is 13.4 Å². The van der Waals surface area contributed by atoms with Gasteiger partial charge in [0.05, 0.1) is 12.2 Å². The van der Waals surface area contributed by atoms with Gasteiger partial charge in [0.15, 0.2) is 0 Å². The smallest absolute Gasteiger partial charge is 0.147 e. The van der Waals surface area contributed by atoms with Crippen molar-refractivity contribution in [2.24, 2.45) is 5.92 Å². The van der Waals surface area contributed by atoms with Crippen LogP contribution in [0.4, 0.5) is 0 Å². The Bertz CT molecular complexity index is 694. The minimum absolute atomic E-state index is 0.0316. The van der Waals surface area contributed by atoms with Gasteiger partial charge in [-0.3, -0.25) is 0 Å². The third-order valence-electron chi connectivity index (χ3n) is 5.34. The summed E-state index contributed by atoms with van der Waals surface area (Å²) in [6.07, 6.45) is 1.07. The topological polar surface area (TPSA) is 18.5 Å². The monoisotopic (exact) mass is 368 g/mol. The Morgan fingerprint density at radius 1 is 0.778 bits per heavy atom. The molecule has 0 amide bonds. The highest BCUT2D eigenvalue weighted by Crippen LogP contribution is 2.33. The third-order valence-corrected chi connectivity index (χ3v) is 5.34. The van der Waals surface area contributed by atoms with Gasteiger partial charge in [-0.05, 0) is 48.4 Å². The summed E-state index contributed by atoms with van der Waals surface area (Å²) in [5, 5.41) is 0. The Morgan fingerprint density at radius 3 is 1.74 bits per heavy atom. The van der Waals surface area contributed by atoms with E-state index in [4.69, 9.17) is 9.47 Å². The van der Waals surface area contributed by atoms with Gasteiger partial charge in [-0.25, -0.2) is 0 Å². The molecule has 0 aliphatic carbocycles. The van der Waals surface area contributed by atoms with E-state index in [-0.39, 0.29) is 11.0 Å². The Kier molecular flexibility index (Phi) is 7.25. The maximum Gasteiger partial charge on any atom is 0.147 e. The van der Waals surface area contributed by atoms with Gasteiger partial charge in [0, 0.05) is 5.41 Å². The van der Waals surface area contributed by atoms with Crippen molar-refractivity contribution in [3.8, 4) is 0 Å². The zero-order valence-electron chi connectivity index (χ0n) is 18.1. The average Bonchev–Trinajstić information content (AvgIpc) is 2.65. The molecule has 0 bridgehead atoms. The van der Waals surface area contributed by atoms with E-state index < -0.39 is 0 Å². The Balaban J connectivity index is 2.10. The fraction of sp³-hybridized carbons (Fsp3) is 0.520. The lowest BCUT2D eigenvalue weighted by Crippen LogP contribution is -2.24. The molecule has 2 heteroatoms. The van der Waals surface area contributed by atoms with E-state index in [9.17, 15) is 0 Å². The maximum atomic E-state index is 5.98. The molecule has 0 heterocycles. The Hall–Kier alpha value is -1.64. The SMILES string of the molecule is CCc1ccc(C(C)(C)c2ccc(C(C)(C)OCOCC(C)C)cc2)cc1. The molecular weight excluding hydrogens is 332 g/mol. The second-order valence-electron chi connectivity index (χ2n) is 8.79. The minimum Gasteiger partial charge on any atom is -0.355 e. The first-order valence-electron chi connectivity index (χ1n) is 10.1. The van der Waals surface area contributed by atoms with E-state index in [1.165, 1.54) is 16.7 Å². The highest BCUT2D eigenvalue weighted by molar-refractivity contribution is 5.40. The molecule has 2 nitrogen and oxygen atoms in total. The van der Waals surface area contributed by atoms with E-state index in [2.05, 4.69) is 97.0 Å². The molecule has 0 radical (unpaired) electrons. The van der Waals surface area contributed by atoms with Gasteiger partial charge in [-0.2, -0.15) is 0 Å². The van der Waals surface area contributed by atoms with Crippen LogP contribution < -0.4 is 0 Å². The van der Waals surface area contributed by atoms with Gasteiger partial charge in [0.25, 0.3) is 0 Å². The predicted octanol–water partition coefficient (Wildman–Crippen LogP) is 6.46. The predicted molar refractivity (Wildman–Crippen MR) is 114 cm³/mol. The number of hydrogen-bond donors (Lipinski definition) is 0. The van der Waals surface area contributed by atoms with Crippen LogP contribution in [0.2, 0.25) is 0 Å². The summed E-state index contributed by atoms with van der Waals surface area (Å²) in [6, 6.07) is 17.8. The van der Waals surface area contributed by atoms with Crippen LogP contribution in [0, 0.1) is 5.92 Å². The molecule has 148 valence electrons. The van der Waals surface area contributed by atoms with Crippen molar-refractivity contribution in [3.05, 3.63) is 70.8 Å². The highest BCUT2D eigenvalue weighted by atomic mass is 16.7. The molecule has 0 atom stereocenters. The zero-order chi connectivity index (χ0) is 20.1. The fourth-order valence-corrected chi connectivity index (χ4v) is 3.17. The van der Waals surface area contributed by atoms with Gasteiger partial charge >= 0.3 is 0 Å². The summed E-state index contributed by atoms with van der Waals surface area (Å²) >= 11 is 0. The quantitative estimate of drug-likeness (QED) is 0.374. The van der Waals surface area contributed by atoms with Crippen LogP contribution in [-0.4, -0.2) is 13.4 Å². The first-order chi connectivity index (χ1) is 12.7. The molecule has 2 aromatic carbocycles. The Labute approximate surface area is 165 Å². The normalized spacial score (nSPS) is 12.6. The molecule has 0 aliphatic rings. The lowest BCUT2D eigenvalue weighted by Gasteiger charge is -2.29. The van der Waals surface area contributed by atoms with Gasteiger partial charge in [-0.1, -0.05) is 83.1 Å². The van der Waals surface area contributed by atoms with E-state index in [1.807, 2.05) is 0 Å². The molecule has 2 rings (SSSR count). The van der Waals surface area contributed by atoms with Crippen molar-refractivity contribution in [2.45, 2.75) is 65.9 Å². The molecule has 0 aromatic heterocycles. The van der Waals surface area contributed by atoms with Crippen molar-refractivity contribution >= 4 is 0 Å². The van der Waals surface area contributed by atoms with Crippen LogP contribution >= 0.6 is 0 Å². The van der Waals surface area contributed by atoms with E-state index in [0.29, 0.717) is 12.7 Å². The van der Waals surface area contributed by atoms with Crippen LogP contribution in [0.1, 0.15) is 70.7 Å². The molecule has 0 N–H and O–H groups in total. The van der Waals surface area contributed by atoms with Gasteiger partial charge in [-0.15, -0.1) is 0 Å². The molecule has 0 unspecified atom stereocenters. The largest absolute Gasteiger partial charge is 0.355 e. The molecule has 0 spiro atoms. The number of ether oxygens (including phenoxy) is 2. The van der Waals surface area contributed by atoms with E-state index >= 15 is 0 Å². The van der Waals surface area contributed by atoms with Crippen LogP contribution in [-0.2, 0) is 26.9 Å². The zero-order valence-corrected chi connectivity index (χ0v) is 18.1. The van der Waals surface area contributed by atoms with Crippen LogP contribution in [0.15, 0.2) is 48.5 Å². The van der Waals surface area contributed by atoms with E-state index in [0.717, 1.165) is 18.6 Å². The molecule has 0 fully saturated rings. The summed E-state index contributed by atoms with van der Waals surface area (Å²) in [5.74, 6) is 0.518. The van der Waals surface area contributed by atoms with Gasteiger partial charge in [0.1, 0.15) is 6.79 Å². The van der Waals surface area contributed by atoms with Crippen molar-refractivity contribution in [1.29, 1.82) is 0 Å². The summed E-state index contributed by atoms with van der Waals surface area (Å²) < 4.78 is 11.6. The van der Waals surface area contributed by atoms with Crippen molar-refractivity contribution < 1.29 is 9.47 Å². The minimum atomic E-state index is -0.373. The first-order valence-corrected chi connectivity index (χ1v) is 10.1. The number of rotatable bonds is 9. The number of hydrogen-bond acceptors (Lipinski definition) is 2. The lowest BCUT2D eigenvalue weighted by atomic mass is 9.77. The summed E-state index contributed by atoms with van der Waals surface area (Å²) in [5.41, 5.74) is 4.78. The van der Waals surface area contributed by atoms with Gasteiger partial charge in [0.2, 0.25) is 0 Å². The third kappa shape index (κ3) is 5.67. The maximum absolute atomic E-state index is 5.98.